The van der Waals surface area contributed by atoms with E-state index in [1.54, 1.807) is 11.8 Å². The van der Waals surface area contributed by atoms with E-state index in [-0.39, 0.29) is 36.3 Å². The Labute approximate surface area is 362 Å². The van der Waals surface area contributed by atoms with E-state index in [1.165, 1.54) is 19.3 Å². The zero-order valence-electron chi connectivity index (χ0n) is 34.5. The zero-order chi connectivity index (χ0) is 41.3. The van der Waals surface area contributed by atoms with Crippen molar-refractivity contribution in [2.24, 2.45) is 23.7 Å². The molecule has 1 saturated heterocycles. The van der Waals surface area contributed by atoms with Crippen LogP contribution in [-0.4, -0.2) is 33.5 Å². The highest BCUT2D eigenvalue weighted by atomic mass is 32.2. The molecular weight excluding hydrogens is 779 g/mol. The van der Waals surface area contributed by atoms with E-state index in [4.69, 9.17) is 18.9 Å². The molecule has 3 N–H and O–H groups in total. The van der Waals surface area contributed by atoms with E-state index in [2.05, 4.69) is 78.2 Å². The molecule has 4 bridgehead atoms. The molecule has 1 aliphatic heterocycles. The van der Waals surface area contributed by atoms with E-state index in [0.717, 1.165) is 93.0 Å². The lowest BCUT2D eigenvalue weighted by Crippen LogP contribution is -2.61. The summed E-state index contributed by atoms with van der Waals surface area (Å²) in [6.45, 7) is 2.61. The van der Waals surface area contributed by atoms with Crippen LogP contribution < -0.4 is 10.6 Å². The summed E-state index contributed by atoms with van der Waals surface area (Å²) >= 11 is 1.55. The number of carbonyl (C=O) groups is 1. The molecule has 11 rings (SSSR count). The Bertz CT molecular complexity index is 2360. The second-order valence-corrected chi connectivity index (χ2v) is 18.8. The van der Waals surface area contributed by atoms with Gasteiger partial charge in [0, 0.05) is 40.4 Å². The van der Waals surface area contributed by atoms with Gasteiger partial charge in [0.25, 0.3) is 5.22 Å². The van der Waals surface area contributed by atoms with Crippen molar-refractivity contribution in [2.75, 3.05) is 5.75 Å². The summed E-state index contributed by atoms with van der Waals surface area (Å²) in [6, 6.07) is 45.0. The number of oxazole rings is 1. The van der Waals surface area contributed by atoms with Gasteiger partial charge in [-0.3, -0.25) is 0 Å². The van der Waals surface area contributed by atoms with Crippen molar-refractivity contribution in [3.63, 3.8) is 0 Å². The number of aromatic nitrogens is 1. The molecule has 1 aromatic heterocycles. The molecule has 312 valence electrons. The van der Waals surface area contributed by atoms with Gasteiger partial charge in [-0.1, -0.05) is 140 Å². The Morgan fingerprint density at radius 3 is 2.05 bits per heavy atom. The second kappa shape index (κ2) is 17.3. The van der Waals surface area contributed by atoms with Crippen LogP contribution in [0.4, 0.5) is 4.79 Å². The van der Waals surface area contributed by atoms with E-state index in [9.17, 15) is 9.90 Å². The second-order valence-electron chi connectivity index (χ2n) is 17.9. The molecule has 4 atom stereocenters. The molecule has 61 heavy (non-hydrogen) atoms. The fourth-order valence-electron chi connectivity index (χ4n) is 10.9. The molecule has 0 unspecified atom stereocenters. The third kappa shape index (κ3) is 8.67. The van der Waals surface area contributed by atoms with Gasteiger partial charge in [-0.2, -0.15) is 0 Å². The highest BCUT2D eigenvalue weighted by molar-refractivity contribution is 7.99. The van der Waals surface area contributed by atoms with Crippen molar-refractivity contribution >= 4 is 17.8 Å². The van der Waals surface area contributed by atoms with Gasteiger partial charge in [0.2, 0.25) is 0 Å². The van der Waals surface area contributed by atoms with Crippen LogP contribution >= 0.6 is 11.8 Å². The molecule has 2 heterocycles. The van der Waals surface area contributed by atoms with E-state index in [1.807, 2.05) is 72.8 Å². The van der Waals surface area contributed by atoms with Crippen LogP contribution in [0.5, 0.6) is 0 Å². The molecule has 9 heteroatoms. The van der Waals surface area contributed by atoms with Crippen molar-refractivity contribution in [3.8, 4) is 33.7 Å². The minimum Gasteiger partial charge on any atom is -0.431 e. The Morgan fingerprint density at radius 2 is 1.36 bits per heavy atom. The van der Waals surface area contributed by atoms with Crippen molar-refractivity contribution in [3.05, 3.63) is 156 Å². The highest BCUT2D eigenvalue weighted by Gasteiger charge is 2.51. The zero-order valence-corrected chi connectivity index (χ0v) is 35.4. The number of urea groups is 1. The number of benzene rings is 5. The molecule has 8 nitrogen and oxygen atoms in total. The van der Waals surface area contributed by atoms with Gasteiger partial charge in [-0.15, -0.1) is 0 Å². The number of ether oxygens (including phenoxy) is 2. The summed E-state index contributed by atoms with van der Waals surface area (Å²) in [5.41, 5.74) is 8.72. The fraction of sp³-hybridized carbons (Fsp3) is 0.346. The van der Waals surface area contributed by atoms with Gasteiger partial charge in [0.1, 0.15) is 5.69 Å². The number of thioether (sulfide) groups is 1. The van der Waals surface area contributed by atoms with Crippen LogP contribution in [0.2, 0.25) is 0 Å². The normalized spacial score (nSPS) is 26.6. The summed E-state index contributed by atoms with van der Waals surface area (Å²) in [6.07, 6.45) is 6.35. The monoisotopic (exact) mass is 831 g/mol. The summed E-state index contributed by atoms with van der Waals surface area (Å²) in [4.78, 5) is 18.3. The SMILES string of the molecule is C[C@H]1[C@@H](CSc2nc(-c3ccccc3)c(-c3ccccc3)o2)O[C@@H](c2cccc(-c3cccc(CNC(=O)NC45CC6CC(CC(C6)C4)C5)c3)c2)O[C@H]1c1ccc(CO)cc1. The van der Waals surface area contributed by atoms with Crippen LogP contribution in [0.1, 0.15) is 80.1 Å². The summed E-state index contributed by atoms with van der Waals surface area (Å²) in [5, 5.41) is 17.0. The van der Waals surface area contributed by atoms with E-state index in [0.29, 0.717) is 17.5 Å². The van der Waals surface area contributed by atoms with Crippen molar-refractivity contribution < 1.29 is 23.8 Å². The van der Waals surface area contributed by atoms with E-state index < -0.39 is 6.29 Å². The maximum absolute atomic E-state index is 13.3. The molecule has 5 aliphatic rings. The van der Waals surface area contributed by atoms with Gasteiger partial charge >= 0.3 is 6.03 Å². The maximum Gasteiger partial charge on any atom is 0.315 e. The number of amides is 2. The first-order valence-electron chi connectivity index (χ1n) is 21.9. The van der Waals surface area contributed by atoms with Crippen LogP contribution in [0.15, 0.2) is 143 Å². The van der Waals surface area contributed by atoms with Gasteiger partial charge in [0.15, 0.2) is 12.1 Å². The number of nitrogens with zero attached hydrogens (tertiary/aromatic N) is 1. The standard InChI is InChI=1S/C52H53N3O5S/c1-33-45(32-61-51-54-46(39-11-4-2-5-12-39)48(60-51)40-13-6-3-7-14-40)58-49(59-47(33)41-20-18-34(31-56)19-21-41)44-17-9-16-43(26-44)42-15-8-10-35(25-42)30-53-50(57)55-52-27-36-22-37(28-52)24-38(23-36)29-52/h2-21,25-26,33,36-38,45,47,49,56H,22-24,27-32H2,1H3,(H2,53,55,57)/t33-,36?,37?,38?,45+,47+,49+,52?/m0/s1. The van der Waals surface area contributed by atoms with Gasteiger partial charge in [0.05, 0.1) is 18.8 Å². The Balaban J connectivity index is 0.866. The number of nitrogens with one attached hydrogen (secondary N) is 2. The van der Waals surface area contributed by atoms with Gasteiger partial charge < -0.3 is 29.6 Å². The average Bonchev–Trinajstić information content (AvgIpc) is 3.73. The Morgan fingerprint density at radius 1 is 0.721 bits per heavy atom. The lowest BCUT2D eigenvalue weighted by atomic mass is 9.53. The van der Waals surface area contributed by atoms with Crippen LogP contribution in [0.25, 0.3) is 33.7 Å². The Kier molecular flexibility index (Phi) is 11.3. The number of aliphatic hydroxyl groups is 1. The van der Waals surface area contributed by atoms with Gasteiger partial charge in [-0.05, 0) is 96.2 Å². The summed E-state index contributed by atoms with van der Waals surface area (Å²) in [7, 11) is 0. The highest BCUT2D eigenvalue weighted by Crippen LogP contribution is 2.55. The smallest absolute Gasteiger partial charge is 0.315 e. The molecule has 5 aromatic carbocycles. The molecule has 4 saturated carbocycles. The number of carbonyl (C=O) groups excluding carboxylic acids is 1. The first-order chi connectivity index (χ1) is 29.9. The number of hydrogen-bond donors (Lipinski definition) is 3. The summed E-state index contributed by atoms with van der Waals surface area (Å²) in [5.74, 6) is 3.67. The van der Waals surface area contributed by atoms with Crippen LogP contribution in [-0.2, 0) is 22.6 Å². The molecule has 0 spiro atoms. The molecule has 2 amide bonds. The third-order valence-electron chi connectivity index (χ3n) is 13.5. The number of hydrogen-bond acceptors (Lipinski definition) is 7. The summed E-state index contributed by atoms with van der Waals surface area (Å²) < 4.78 is 20.2. The van der Waals surface area contributed by atoms with E-state index >= 15 is 0 Å². The fourth-order valence-corrected chi connectivity index (χ4v) is 11.8. The molecular formula is C52H53N3O5S. The molecule has 6 aromatic rings. The maximum atomic E-state index is 13.3. The van der Waals surface area contributed by atoms with Crippen LogP contribution in [0.3, 0.4) is 0 Å². The number of aliphatic hydroxyl groups excluding tert-OH is 1. The van der Waals surface area contributed by atoms with Crippen molar-refractivity contribution in [1.29, 1.82) is 0 Å². The average molecular weight is 832 g/mol. The topological polar surface area (TPSA) is 106 Å². The molecule has 4 aliphatic carbocycles. The first-order valence-corrected chi connectivity index (χ1v) is 22.9. The quantitative estimate of drug-likeness (QED) is 0.105. The third-order valence-corrected chi connectivity index (χ3v) is 14.4. The minimum atomic E-state index is -0.633. The largest absolute Gasteiger partial charge is 0.431 e. The van der Waals surface area contributed by atoms with Crippen molar-refractivity contribution in [2.45, 2.75) is 87.9 Å². The van der Waals surface area contributed by atoms with Gasteiger partial charge in [-0.25, -0.2) is 9.78 Å². The van der Waals surface area contributed by atoms with Crippen molar-refractivity contribution in [1.82, 2.24) is 15.6 Å². The lowest BCUT2D eigenvalue weighted by molar-refractivity contribution is -0.268. The number of rotatable bonds is 12. The Hall–Kier alpha value is -5.19. The molecule has 5 fully saturated rings. The first kappa shape index (κ1) is 39.9. The van der Waals surface area contributed by atoms with Crippen LogP contribution in [0, 0.1) is 23.7 Å². The predicted molar refractivity (Wildman–Crippen MR) is 239 cm³/mol. The lowest BCUT2D eigenvalue weighted by Gasteiger charge is -2.56. The molecule has 0 radical (unpaired) electrons. The minimum absolute atomic E-state index is 0.00612. The predicted octanol–water partition coefficient (Wildman–Crippen LogP) is 11.5.